The van der Waals surface area contributed by atoms with Gasteiger partial charge in [0.2, 0.25) is 11.8 Å². The van der Waals surface area contributed by atoms with E-state index in [-0.39, 0.29) is 29.5 Å². The minimum absolute atomic E-state index is 0.00809. The highest BCUT2D eigenvalue weighted by molar-refractivity contribution is 6.33. The molecule has 2 N–H and O–H groups in total. The number of nitrogens with one attached hydrogen (secondary N) is 2. The lowest BCUT2D eigenvalue weighted by Gasteiger charge is -2.07. The molecule has 0 aromatic heterocycles. The number of halogens is 1. The third-order valence-electron chi connectivity index (χ3n) is 3.95. The highest BCUT2D eigenvalue weighted by Crippen LogP contribution is 2.20. The lowest BCUT2D eigenvalue weighted by molar-refractivity contribution is -0.384. The number of carbonyl (C=O) groups is 2. The smallest absolute Gasteiger partial charge is 0.270 e. The molecule has 0 radical (unpaired) electrons. The van der Waals surface area contributed by atoms with Crippen molar-refractivity contribution < 1.29 is 14.5 Å². The van der Waals surface area contributed by atoms with Gasteiger partial charge in [0.25, 0.3) is 5.69 Å². The Kier molecular flexibility index (Phi) is 7.22. The molecule has 2 aromatic carbocycles. The second kappa shape index (κ2) is 9.61. The van der Waals surface area contributed by atoms with Crippen LogP contribution in [0, 0.1) is 24.0 Å². The van der Waals surface area contributed by atoms with Crippen molar-refractivity contribution in [3.8, 4) is 0 Å². The number of anilines is 1. The molecule has 0 aliphatic carbocycles. The Hall–Kier alpha value is -3.26. The Morgan fingerprint density at radius 2 is 1.82 bits per heavy atom. The number of benzene rings is 2. The SMILES string of the molecule is Cc1ccc(NC(=O)CCC(=O)N/N=C/c2cc([N+](=O)[O-])ccc2Cl)cc1C. The van der Waals surface area contributed by atoms with E-state index in [1.165, 1.54) is 24.4 Å². The first-order chi connectivity index (χ1) is 13.3. The number of nitro benzene ring substituents is 1. The second-order valence-corrected chi connectivity index (χ2v) is 6.51. The highest BCUT2D eigenvalue weighted by Gasteiger charge is 2.09. The fourth-order valence-corrected chi connectivity index (χ4v) is 2.41. The summed E-state index contributed by atoms with van der Waals surface area (Å²) in [6.45, 7) is 3.93. The molecule has 28 heavy (non-hydrogen) atoms. The molecule has 9 heteroatoms. The lowest BCUT2D eigenvalue weighted by Crippen LogP contribution is -2.20. The number of carbonyl (C=O) groups excluding carboxylic acids is 2. The van der Waals surface area contributed by atoms with Gasteiger partial charge in [-0.25, -0.2) is 5.43 Å². The molecule has 0 aliphatic rings. The van der Waals surface area contributed by atoms with Gasteiger partial charge in [-0.1, -0.05) is 17.7 Å². The molecule has 2 rings (SSSR count). The summed E-state index contributed by atoms with van der Waals surface area (Å²) in [5, 5.41) is 17.5. The van der Waals surface area contributed by atoms with Gasteiger partial charge in [0.1, 0.15) is 0 Å². The fourth-order valence-electron chi connectivity index (χ4n) is 2.24. The standard InChI is InChI=1S/C19H19ClN4O4/c1-12-3-4-15(9-13(12)2)22-18(25)7-8-19(26)23-21-11-14-10-16(24(27)28)5-6-17(14)20/h3-6,9-11H,7-8H2,1-2H3,(H,22,25)(H,23,26)/b21-11+. The minimum Gasteiger partial charge on any atom is -0.326 e. The van der Waals surface area contributed by atoms with Gasteiger partial charge >= 0.3 is 0 Å². The third kappa shape index (κ3) is 6.17. The summed E-state index contributed by atoms with van der Waals surface area (Å²) in [6, 6.07) is 9.46. The molecule has 0 unspecified atom stereocenters. The maximum Gasteiger partial charge on any atom is 0.270 e. The molecule has 146 valence electrons. The van der Waals surface area contributed by atoms with Crippen molar-refractivity contribution in [1.29, 1.82) is 0 Å². The van der Waals surface area contributed by atoms with E-state index in [1.807, 2.05) is 26.0 Å². The molecule has 0 bridgehead atoms. The molecule has 8 nitrogen and oxygen atoms in total. The minimum atomic E-state index is -0.555. The summed E-state index contributed by atoms with van der Waals surface area (Å²) >= 11 is 5.94. The molecular weight excluding hydrogens is 384 g/mol. The van der Waals surface area contributed by atoms with Gasteiger partial charge in [0.15, 0.2) is 0 Å². The van der Waals surface area contributed by atoms with Crippen molar-refractivity contribution in [1.82, 2.24) is 5.43 Å². The number of amides is 2. The van der Waals surface area contributed by atoms with Crippen LogP contribution < -0.4 is 10.7 Å². The van der Waals surface area contributed by atoms with Gasteiger partial charge in [0, 0.05) is 41.2 Å². The zero-order valence-electron chi connectivity index (χ0n) is 15.4. The summed E-state index contributed by atoms with van der Waals surface area (Å²) in [4.78, 5) is 34.0. The Morgan fingerprint density at radius 3 is 2.50 bits per heavy atom. The number of hydrogen-bond acceptors (Lipinski definition) is 5. The molecule has 2 aromatic rings. The normalized spacial score (nSPS) is 10.7. The zero-order valence-corrected chi connectivity index (χ0v) is 16.1. The van der Waals surface area contributed by atoms with Crippen molar-refractivity contribution in [3.05, 3.63) is 68.2 Å². The largest absolute Gasteiger partial charge is 0.326 e. The van der Waals surface area contributed by atoms with Crippen LogP contribution >= 0.6 is 11.6 Å². The van der Waals surface area contributed by atoms with Crippen LogP contribution in [-0.2, 0) is 9.59 Å². The maximum atomic E-state index is 11.9. The number of nitrogens with zero attached hydrogens (tertiary/aromatic N) is 2. The van der Waals surface area contributed by atoms with E-state index in [1.54, 1.807) is 6.07 Å². The Morgan fingerprint density at radius 1 is 1.11 bits per heavy atom. The quantitative estimate of drug-likeness (QED) is 0.417. The van der Waals surface area contributed by atoms with Gasteiger partial charge in [-0.2, -0.15) is 5.10 Å². The molecule has 0 aliphatic heterocycles. The first kappa shape index (κ1) is 21.0. The average Bonchev–Trinajstić information content (AvgIpc) is 2.64. The van der Waals surface area contributed by atoms with Crippen LogP contribution in [0.5, 0.6) is 0 Å². The van der Waals surface area contributed by atoms with Crippen LogP contribution in [0.4, 0.5) is 11.4 Å². The molecule has 0 heterocycles. The Balaban J connectivity index is 1.83. The van der Waals surface area contributed by atoms with E-state index in [0.29, 0.717) is 11.3 Å². The lowest BCUT2D eigenvalue weighted by atomic mass is 10.1. The summed E-state index contributed by atoms with van der Waals surface area (Å²) in [7, 11) is 0. The summed E-state index contributed by atoms with van der Waals surface area (Å²) in [5.74, 6) is -0.753. The molecule has 0 spiro atoms. The van der Waals surface area contributed by atoms with E-state index in [9.17, 15) is 19.7 Å². The zero-order chi connectivity index (χ0) is 20.7. The van der Waals surface area contributed by atoms with Crippen LogP contribution in [0.2, 0.25) is 5.02 Å². The Labute approximate surface area is 166 Å². The monoisotopic (exact) mass is 402 g/mol. The van der Waals surface area contributed by atoms with Gasteiger partial charge in [-0.3, -0.25) is 19.7 Å². The topological polar surface area (TPSA) is 114 Å². The summed E-state index contributed by atoms with van der Waals surface area (Å²) in [6.07, 6.45) is 1.14. The predicted octanol–water partition coefficient (Wildman–Crippen LogP) is 3.73. The van der Waals surface area contributed by atoms with E-state index >= 15 is 0 Å². The molecule has 2 amide bonds. The number of aryl methyl sites for hydroxylation is 2. The first-order valence-corrected chi connectivity index (χ1v) is 8.77. The van der Waals surface area contributed by atoms with E-state index in [2.05, 4.69) is 15.8 Å². The molecule has 0 saturated carbocycles. The summed E-state index contributed by atoms with van der Waals surface area (Å²) < 4.78 is 0. The highest BCUT2D eigenvalue weighted by atomic mass is 35.5. The molecule has 0 saturated heterocycles. The van der Waals surface area contributed by atoms with Crippen molar-refractivity contribution in [2.45, 2.75) is 26.7 Å². The maximum absolute atomic E-state index is 11.9. The molecule has 0 atom stereocenters. The van der Waals surface area contributed by atoms with Crippen LogP contribution in [0.15, 0.2) is 41.5 Å². The van der Waals surface area contributed by atoms with Crippen molar-refractivity contribution in [3.63, 3.8) is 0 Å². The van der Waals surface area contributed by atoms with Crippen LogP contribution in [0.3, 0.4) is 0 Å². The van der Waals surface area contributed by atoms with Crippen LogP contribution in [0.25, 0.3) is 0 Å². The Bertz CT molecular complexity index is 944. The van der Waals surface area contributed by atoms with Crippen molar-refractivity contribution in [2.75, 3.05) is 5.32 Å². The first-order valence-electron chi connectivity index (χ1n) is 8.39. The predicted molar refractivity (Wildman–Crippen MR) is 108 cm³/mol. The average molecular weight is 403 g/mol. The van der Waals surface area contributed by atoms with Gasteiger partial charge in [-0.15, -0.1) is 0 Å². The van der Waals surface area contributed by atoms with Crippen LogP contribution in [-0.4, -0.2) is 23.0 Å². The van der Waals surface area contributed by atoms with E-state index in [0.717, 1.165) is 11.1 Å². The third-order valence-corrected chi connectivity index (χ3v) is 4.30. The number of rotatable bonds is 7. The fraction of sp³-hybridized carbons (Fsp3) is 0.211. The van der Waals surface area contributed by atoms with Gasteiger partial charge in [0.05, 0.1) is 11.1 Å². The van der Waals surface area contributed by atoms with Crippen molar-refractivity contribution in [2.24, 2.45) is 5.10 Å². The number of hydrazone groups is 1. The van der Waals surface area contributed by atoms with Gasteiger partial charge < -0.3 is 5.32 Å². The van der Waals surface area contributed by atoms with Gasteiger partial charge in [-0.05, 0) is 43.2 Å². The summed E-state index contributed by atoms with van der Waals surface area (Å²) in [5.41, 5.74) is 5.28. The molecular formula is C19H19ClN4O4. The number of hydrogen-bond donors (Lipinski definition) is 2. The van der Waals surface area contributed by atoms with Crippen LogP contribution in [0.1, 0.15) is 29.5 Å². The van der Waals surface area contributed by atoms with E-state index < -0.39 is 10.8 Å². The van der Waals surface area contributed by atoms with E-state index in [4.69, 9.17) is 11.6 Å². The molecule has 0 fully saturated rings. The second-order valence-electron chi connectivity index (χ2n) is 6.10. The van der Waals surface area contributed by atoms with Crippen molar-refractivity contribution >= 4 is 41.0 Å². The number of non-ortho nitro benzene ring substituents is 1. The number of nitro groups is 1.